The maximum Gasteiger partial charge on any atom is 0.100 e. The summed E-state index contributed by atoms with van der Waals surface area (Å²) in [7, 11) is 0. The number of halogens is 1. The van der Waals surface area contributed by atoms with Crippen molar-refractivity contribution in [2.45, 2.75) is 32.4 Å². The second kappa shape index (κ2) is 5.55. The van der Waals surface area contributed by atoms with Crippen molar-refractivity contribution in [3.63, 3.8) is 0 Å². The molecule has 1 atom stereocenters. The van der Waals surface area contributed by atoms with Crippen LogP contribution in [0.25, 0.3) is 0 Å². The van der Waals surface area contributed by atoms with E-state index in [9.17, 15) is 9.50 Å². The second-order valence-corrected chi connectivity index (χ2v) is 3.91. The molecular weight excluding hydrogens is 169 g/mol. The van der Waals surface area contributed by atoms with E-state index in [-0.39, 0.29) is 12.5 Å². The Hall–Kier alpha value is -0.150. The third kappa shape index (κ3) is 3.61. The normalized spacial score (nSPS) is 23.3. The molecule has 1 heterocycles. The van der Waals surface area contributed by atoms with E-state index in [2.05, 4.69) is 4.90 Å². The average molecular weight is 188 g/mol. The summed E-state index contributed by atoms with van der Waals surface area (Å²) < 4.78 is 12.9. The van der Waals surface area contributed by atoms with Gasteiger partial charge in [-0.2, -0.15) is 0 Å². The molecule has 0 bridgehead atoms. The molecule has 0 aromatic rings. The predicted molar refractivity (Wildman–Crippen MR) is 49.9 cm³/mol. The summed E-state index contributed by atoms with van der Waals surface area (Å²) in [5, 5.41) is 10.3. The smallest absolute Gasteiger partial charge is 0.100 e. The van der Waals surface area contributed by atoms with Crippen LogP contribution < -0.4 is 0 Å². The lowest BCUT2D eigenvalue weighted by Crippen LogP contribution is -2.36. The summed E-state index contributed by atoms with van der Waals surface area (Å²) in [4.78, 5) is 2.27. The summed E-state index contributed by atoms with van der Waals surface area (Å²) in [6.45, 7) is 4.51. The van der Waals surface area contributed by atoms with E-state index >= 15 is 0 Å². The highest BCUT2D eigenvalue weighted by atomic mass is 19.1. The molecule has 1 saturated heterocycles. The molecule has 0 aromatic carbocycles. The van der Waals surface area contributed by atoms with Crippen LogP contribution in [0.4, 0.5) is 4.39 Å². The Morgan fingerprint density at radius 3 is 2.54 bits per heavy atom. The van der Waals surface area contributed by atoms with Crippen LogP contribution in [-0.2, 0) is 5.11 Å². The molecular formula is C10H19FNO. The fourth-order valence-electron chi connectivity index (χ4n) is 1.92. The van der Waals surface area contributed by atoms with Crippen LogP contribution in [0.1, 0.15) is 26.2 Å². The van der Waals surface area contributed by atoms with Crippen molar-refractivity contribution < 1.29 is 9.50 Å². The lowest BCUT2D eigenvalue weighted by atomic mass is 9.93. The van der Waals surface area contributed by atoms with E-state index in [1.165, 1.54) is 0 Å². The molecule has 0 aromatic heterocycles. The van der Waals surface area contributed by atoms with Crippen LogP contribution in [-0.4, -0.2) is 37.3 Å². The number of hydrogen-bond donors (Lipinski definition) is 0. The number of nitrogens with zero attached hydrogens (tertiary/aromatic N) is 1. The Kier molecular flexibility index (Phi) is 4.67. The maximum absolute atomic E-state index is 12.9. The van der Waals surface area contributed by atoms with Gasteiger partial charge in [0.2, 0.25) is 0 Å². The van der Waals surface area contributed by atoms with Gasteiger partial charge >= 0.3 is 0 Å². The van der Waals surface area contributed by atoms with Crippen molar-refractivity contribution in [2.24, 2.45) is 5.92 Å². The molecule has 0 N–H and O–H groups in total. The summed E-state index contributed by atoms with van der Waals surface area (Å²) in [6.07, 6.45) is 1.98. The Labute approximate surface area is 79.7 Å². The number of alkyl halides is 1. The molecule has 0 amide bonds. The predicted octanol–water partition coefficient (Wildman–Crippen LogP) is 1.88. The first-order valence-electron chi connectivity index (χ1n) is 5.18. The van der Waals surface area contributed by atoms with Crippen LogP contribution in [0.5, 0.6) is 0 Å². The van der Waals surface area contributed by atoms with Gasteiger partial charge in [-0.05, 0) is 45.2 Å². The van der Waals surface area contributed by atoms with Crippen LogP contribution in [0.15, 0.2) is 0 Å². The summed E-state index contributed by atoms with van der Waals surface area (Å²) in [5.74, 6) is 0.253. The molecule has 13 heavy (non-hydrogen) atoms. The second-order valence-electron chi connectivity index (χ2n) is 3.91. The van der Waals surface area contributed by atoms with Crippen molar-refractivity contribution in [3.05, 3.63) is 0 Å². The van der Waals surface area contributed by atoms with Gasteiger partial charge in [0, 0.05) is 6.54 Å². The van der Waals surface area contributed by atoms with Crippen molar-refractivity contribution in [1.82, 2.24) is 4.90 Å². The molecule has 1 radical (unpaired) electrons. The number of hydrogen-bond acceptors (Lipinski definition) is 1. The number of piperidine rings is 1. The number of likely N-dealkylation sites (tertiary alicyclic amines) is 1. The third-order valence-corrected chi connectivity index (χ3v) is 2.90. The first kappa shape index (κ1) is 10.9. The van der Waals surface area contributed by atoms with Gasteiger partial charge < -0.3 is 4.90 Å². The zero-order valence-corrected chi connectivity index (χ0v) is 8.34. The van der Waals surface area contributed by atoms with Crippen molar-refractivity contribution in [2.75, 3.05) is 26.2 Å². The summed E-state index contributed by atoms with van der Waals surface area (Å²) >= 11 is 0. The SMILES string of the molecule is CC(F)C1CCN(CCC[O])CC1. The van der Waals surface area contributed by atoms with Crippen molar-refractivity contribution in [3.8, 4) is 0 Å². The first-order chi connectivity index (χ1) is 6.24. The lowest BCUT2D eigenvalue weighted by molar-refractivity contribution is 0.113. The molecule has 1 aliphatic rings. The molecule has 1 rings (SSSR count). The van der Waals surface area contributed by atoms with Crippen molar-refractivity contribution >= 4 is 0 Å². The summed E-state index contributed by atoms with van der Waals surface area (Å²) in [6, 6.07) is 0. The van der Waals surface area contributed by atoms with Gasteiger partial charge in [0.1, 0.15) is 6.17 Å². The fourth-order valence-corrected chi connectivity index (χ4v) is 1.92. The first-order valence-corrected chi connectivity index (χ1v) is 5.18. The van der Waals surface area contributed by atoms with E-state index < -0.39 is 6.17 Å². The highest BCUT2D eigenvalue weighted by Gasteiger charge is 2.22. The van der Waals surface area contributed by atoms with Crippen molar-refractivity contribution in [1.29, 1.82) is 0 Å². The largest absolute Gasteiger partial charge is 0.303 e. The monoisotopic (exact) mass is 188 g/mol. The lowest BCUT2D eigenvalue weighted by Gasteiger charge is -2.32. The maximum atomic E-state index is 12.9. The van der Waals surface area contributed by atoms with Gasteiger partial charge in [0.15, 0.2) is 0 Å². The molecule has 77 valence electrons. The van der Waals surface area contributed by atoms with Gasteiger partial charge in [-0.3, -0.25) is 0 Å². The van der Waals surface area contributed by atoms with E-state index in [4.69, 9.17) is 0 Å². The van der Waals surface area contributed by atoms with Crippen LogP contribution in [0.2, 0.25) is 0 Å². The minimum Gasteiger partial charge on any atom is -0.303 e. The number of rotatable bonds is 4. The van der Waals surface area contributed by atoms with Gasteiger partial charge in [0.05, 0.1) is 6.61 Å². The average Bonchev–Trinajstić information content (AvgIpc) is 2.15. The zero-order valence-electron chi connectivity index (χ0n) is 8.34. The third-order valence-electron chi connectivity index (χ3n) is 2.90. The molecule has 1 fully saturated rings. The fraction of sp³-hybridized carbons (Fsp3) is 1.00. The summed E-state index contributed by atoms with van der Waals surface area (Å²) in [5.41, 5.74) is 0. The highest BCUT2D eigenvalue weighted by molar-refractivity contribution is 4.75. The van der Waals surface area contributed by atoms with E-state index in [0.29, 0.717) is 0 Å². The van der Waals surface area contributed by atoms with Crippen LogP contribution >= 0.6 is 0 Å². The van der Waals surface area contributed by atoms with E-state index in [1.54, 1.807) is 6.92 Å². The molecule has 2 nitrogen and oxygen atoms in total. The van der Waals surface area contributed by atoms with Gasteiger partial charge in [-0.15, -0.1) is 0 Å². The van der Waals surface area contributed by atoms with Gasteiger partial charge in [0.25, 0.3) is 0 Å². The molecule has 1 unspecified atom stereocenters. The molecule has 0 saturated carbocycles. The Bertz CT molecular complexity index is 133. The van der Waals surface area contributed by atoms with Crippen LogP contribution in [0, 0.1) is 5.92 Å². The van der Waals surface area contributed by atoms with Gasteiger partial charge in [-0.25, -0.2) is 9.50 Å². The Morgan fingerprint density at radius 2 is 2.08 bits per heavy atom. The topological polar surface area (TPSA) is 23.1 Å². The van der Waals surface area contributed by atoms with Crippen LogP contribution in [0.3, 0.4) is 0 Å². The molecule has 0 spiro atoms. The Balaban J connectivity index is 2.15. The standard InChI is InChI=1S/C10H19FNO/c1-9(11)10-3-6-12(7-4-10)5-2-8-13/h9-10H,2-8H2,1H3. The molecule has 3 heteroatoms. The van der Waals surface area contributed by atoms with Gasteiger partial charge in [-0.1, -0.05) is 0 Å². The minimum atomic E-state index is -0.665. The van der Waals surface area contributed by atoms with E-state index in [1.807, 2.05) is 0 Å². The quantitative estimate of drug-likeness (QED) is 0.660. The Morgan fingerprint density at radius 1 is 1.46 bits per heavy atom. The molecule has 1 aliphatic heterocycles. The highest BCUT2D eigenvalue weighted by Crippen LogP contribution is 2.22. The minimum absolute atomic E-state index is 0.0133. The zero-order chi connectivity index (χ0) is 9.68. The van der Waals surface area contributed by atoms with E-state index in [0.717, 1.165) is 38.9 Å². The molecule has 0 aliphatic carbocycles.